The molecular formula is C12H9F3. The molecule has 0 saturated heterocycles. The quantitative estimate of drug-likeness (QED) is 0.624. The highest BCUT2D eigenvalue weighted by Crippen LogP contribution is 2.58. The van der Waals surface area contributed by atoms with Crippen LogP contribution in [-0.2, 0) is 5.41 Å². The van der Waals surface area contributed by atoms with E-state index in [4.69, 9.17) is 6.42 Å². The second kappa shape index (κ2) is 3.03. The Balaban J connectivity index is 2.36. The first-order chi connectivity index (χ1) is 6.99. The number of hydrogen-bond acceptors (Lipinski definition) is 0. The smallest absolute Gasteiger partial charge is 0.170 e. The van der Waals surface area contributed by atoms with E-state index in [2.05, 4.69) is 5.92 Å². The minimum Gasteiger partial charge on any atom is -0.170 e. The van der Waals surface area contributed by atoms with Gasteiger partial charge in [0.15, 0.2) is 0 Å². The summed E-state index contributed by atoms with van der Waals surface area (Å²) in [5, 5.41) is 0. The summed E-state index contributed by atoms with van der Waals surface area (Å²) in [5.41, 5.74) is -0.661. The van der Waals surface area contributed by atoms with Crippen LogP contribution in [0.4, 0.5) is 13.2 Å². The van der Waals surface area contributed by atoms with Crippen LogP contribution in [0.3, 0.4) is 0 Å². The molecule has 78 valence electrons. The summed E-state index contributed by atoms with van der Waals surface area (Å²) in [5.74, 6) is 2.38. The lowest BCUT2D eigenvalue weighted by Gasteiger charge is -2.19. The van der Waals surface area contributed by atoms with E-state index in [-0.39, 0.29) is 12.8 Å². The van der Waals surface area contributed by atoms with Crippen molar-refractivity contribution in [1.82, 2.24) is 0 Å². The molecule has 0 heterocycles. The van der Waals surface area contributed by atoms with Crippen LogP contribution in [0.2, 0.25) is 0 Å². The van der Waals surface area contributed by atoms with Crippen molar-refractivity contribution < 1.29 is 13.2 Å². The largest absolute Gasteiger partial charge is 0.398 e. The highest BCUT2D eigenvalue weighted by atomic mass is 19.4. The number of halogens is 3. The van der Waals surface area contributed by atoms with Crippen molar-refractivity contribution in [2.45, 2.75) is 24.4 Å². The maximum absolute atomic E-state index is 12.7. The Bertz CT molecular complexity index is 402. The first kappa shape index (κ1) is 10.1. The molecule has 1 saturated carbocycles. The average Bonchev–Trinajstić information content (AvgIpc) is 2.98. The van der Waals surface area contributed by atoms with Crippen LogP contribution in [0.25, 0.3) is 0 Å². The Labute approximate surface area is 86.1 Å². The maximum Gasteiger partial charge on any atom is 0.398 e. The van der Waals surface area contributed by atoms with E-state index in [1.807, 2.05) is 0 Å². The number of benzene rings is 1. The molecule has 0 bridgehead atoms. The van der Waals surface area contributed by atoms with E-state index in [0.29, 0.717) is 11.1 Å². The van der Waals surface area contributed by atoms with Gasteiger partial charge in [0, 0.05) is 5.56 Å². The third-order valence-corrected chi connectivity index (χ3v) is 2.90. The number of hydrogen-bond donors (Lipinski definition) is 0. The van der Waals surface area contributed by atoms with Gasteiger partial charge >= 0.3 is 6.18 Å². The summed E-state index contributed by atoms with van der Waals surface area (Å²) >= 11 is 0. The summed E-state index contributed by atoms with van der Waals surface area (Å²) in [6.45, 7) is 0. The van der Waals surface area contributed by atoms with E-state index in [1.165, 1.54) is 12.1 Å². The van der Waals surface area contributed by atoms with Crippen molar-refractivity contribution in [2.75, 3.05) is 0 Å². The molecule has 1 fully saturated rings. The SMILES string of the molecule is C#Cc1ccc(C2(C(F)(F)F)CC2)cc1. The molecule has 1 aromatic rings. The Hall–Kier alpha value is -1.43. The molecule has 0 aliphatic heterocycles. The molecule has 0 atom stereocenters. The van der Waals surface area contributed by atoms with Crippen LogP contribution in [-0.4, -0.2) is 6.18 Å². The van der Waals surface area contributed by atoms with Gasteiger partial charge in [0.1, 0.15) is 0 Å². The van der Waals surface area contributed by atoms with Gasteiger partial charge < -0.3 is 0 Å². The molecule has 0 amide bonds. The number of alkyl halides is 3. The van der Waals surface area contributed by atoms with Gasteiger partial charge in [0.2, 0.25) is 0 Å². The molecule has 15 heavy (non-hydrogen) atoms. The molecule has 0 N–H and O–H groups in total. The van der Waals surface area contributed by atoms with Crippen molar-refractivity contribution in [3.63, 3.8) is 0 Å². The predicted octanol–water partition coefficient (Wildman–Crippen LogP) is 3.26. The zero-order chi connectivity index (χ0) is 11.1. The van der Waals surface area contributed by atoms with E-state index < -0.39 is 11.6 Å². The van der Waals surface area contributed by atoms with Gasteiger partial charge in [-0.15, -0.1) is 6.42 Å². The van der Waals surface area contributed by atoms with Crippen molar-refractivity contribution in [3.8, 4) is 12.3 Å². The van der Waals surface area contributed by atoms with Crippen molar-refractivity contribution in [3.05, 3.63) is 35.4 Å². The molecule has 1 aliphatic carbocycles. The summed E-state index contributed by atoms with van der Waals surface area (Å²) < 4.78 is 38.2. The lowest BCUT2D eigenvalue weighted by molar-refractivity contribution is -0.160. The summed E-state index contributed by atoms with van der Waals surface area (Å²) in [7, 11) is 0. The van der Waals surface area contributed by atoms with E-state index in [1.54, 1.807) is 12.1 Å². The number of terminal acetylenes is 1. The molecule has 2 rings (SSSR count). The Morgan fingerprint density at radius 3 is 2.00 bits per heavy atom. The van der Waals surface area contributed by atoms with Crippen LogP contribution >= 0.6 is 0 Å². The zero-order valence-electron chi connectivity index (χ0n) is 7.93. The minimum absolute atomic E-state index is 0.186. The molecular weight excluding hydrogens is 201 g/mol. The second-order valence-electron chi connectivity index (χ2n) is 3.80. The van der Waals surface area contributed by atoms with Gasteiger partial charge in [0.05, 0.1) is 5.41 Å². The third kappa shape index (κ3) is 1.50. The Kier molecular flexibility index (Phi) is 2.04. The van der Waals surface area contributed by atoms with Crippen molar-refractivity contribution >= 4 is 0 Å². The first-order valence-corrected chi connectivity index (χ1v) is 4.63. The molecule has 3 heteroatoms. The summed E-state index contributed by atoms with van der Waals surface area (Å²) in [6.07, 6.45) is 1.36. The molecule has 0 aromatic heterocycles. The van der Waals surface area contributed by atoms with Gasteiger partial charge in [-0.05, 0) is 30.5 Å². The van der Waals surface area contributed by atoms with Gasteiger partial charge in [-0.3, -0.25) is 0 Å². The summed E-state index contributed by atoms with van der Waals surface area (Å²) in [6, 6.07) is 6.08. The van der Waals surface area contributed by atoms with Gasteiger partial charge in [-0.25, -0.2) is 0 Å². The standard InChI is InChI=1S/C12H9F3/c1-2-9-3-5-10(6-4-9)11(7-8-11)12(13,14)15/h1,3-6H,7-8H2. The fraction of sp³-hybridized carbons (Fsp3) is 0.333. The van der Waals surface area contributed by atoms with Crippen LogP contribution in [0, 0.1) is 12.3 Å². The number of rotatable bonds is 1. The minimum atomic E-state index is -4.15. The molecule has 1 aliphatic rings. The lowest BCUT2D eigenvalue weighted by atomic mass is 9.94. The second-order valence-corrected chi connectivity index (χ2v) is 3.80. The summed E-state index contributed by atoms with van der Waals surface area (Å²) in [4.78, 5) is 0. The molecule has 0 spiro atoms. The topological polar surface area (TPSA) is 0 Å². The van der Waals surface area contributed by atoms with Gasteiger partial charge in [-0.2, -0.15) is 13.2 Å². The van der Waals surface area contributed by atoms with E-state index in [9.17, 15) is 13.2 Å². The van der Waals surface area contributed by atoms with Crippen LogP contribution < -0.4 is 0 Å². The van der Waals surface area contributed by atoms with E-state index in [0.717, 1.165) is 0 Å². The monoisotopic (exact) mass is 210 g/mol. The fourth-order valence-electron chi connectivity index (χ4n) is 1.75. The van der Waals surface area contributed by atoms with Crippen LogP contribution in [0.1, 0.15) is 24.0 Å². The highest BCUT2D eigenvalue weighted by molar-refractivity contribution is 5.40. The predicted molar refractivity (Wildman–Crippen MR) is 51.3 cm³/mol. The van der Waals surface area contributed by atoms with E-state index >= 15 is 0 Å². The van der Waals surface area contributed by atoms with Gasteiger partial charge in [0.25, 0.3) is 0 Å². The van der Waals surface area contributed by atoms with Crippen molar-refractivity contribution in [1.29, 1.82) is 0 Å². The maximum atomic E-state index is 12.7. The lowest BCUT2D eigenvalue weighted by Crippen LogP contribution is -2.28. The molecule has 0 unspecified atom stereocenters. The van der Waals surface area contributed by atoms with Gasteiger partial charge in [-0.1, -0.05) is 18.1 Å². The zero-order valence-corrected chi connectivity index (χ0v) is 7.93. The fourth-order valence-corrected chi connectivity index (χ4v) is 1.75. The highest BCUT2D eigenvalue weighted by Gasteiger charge is 2.64. The van der Waals surface area contributed by atoms with Crippen molar-refractivity contribution in [2.24, 2.45) is 0 Å². The first-order valence-electron chi connectivity index (χ1n) is 4.63. The normalized spacial score (nSPS) is 18.3. The molecule has 1 aromatic carbocycles. The molecule has 0 nitrogen and oxygen atoms in total. The average molecular weight is 210 g/mol. The van der Waals surface area contributed by atoms with Crippen LogP contribution in [0.5, 0.6) is 0 Å². The Morgan fingerprint density at radius 1 is 1.13 bits per heavy atom. The Morgan fingerprint density at radius 2 is 1.67 bits per heavy atom. The molecule has 0 radical (unpaired) electrons. The third-order valence-electron chi connectivity index (χ3n) is 2.90. The van der Waals surface area contributed by atoms with Crippen LogP contribution in [0.15, 0.2) is 24.3 Å².